The van der Waals surface area contributed by atoms with Crippen LogP contribution in [0, 0.1) is 22.7 Å². The number of rotatable bonds is 3. The largest absolute Gasteiger partial charge is 0.305 e. The molecule has 3 aromatic heterocycles. The molecule has 0 amide bonds. The molecule has 0 aliphatic carbocycles. The summed E-state index contributed by atoms with van der Waals surface area (Å²) in [6, 6.07) is 5.67. The summed E-state index contributed by atoms with van der Waals surface area (Å²) in [7, 11) is 0. The van der Waals surface area contributed by atoms with Crippen molar-refractivity contribution in [2.75, 3.05) is 0 Å². The standard InChI is InChI=1S/C16H11N5OS2/c1-2-21-15(22)14(24-16(21)11(7-17)8-18)6-13-5-12(9-23-13)20-4-3-19-10-20/h3-6,9-10H,2H2,1H3/b14-6-. The van der Waals surface area contributed by atoms with Gasteiger partial charge in [-0.2, -0.15) is 10.5 Å². The lowest BCUT2D eigenvalue weighted by atomic mass is 10.4. The topological polar surface area (TPSA) is 87.4 Å². The normalized spacial score (nSPS) is 11.2. The third-order valence-corrected chi connectivity index (χ3v) is 5.34. The van der Waals surface area contributed by atoms with Gasteiger partial charge < -0.3 is 4.57 Å². The molecule has 0 aliphatic rings. The Bertz CT molecular complexity index is 1120. The Morgan fingerprint density at radius 1 is 1.42 bits per heavy atom. The number of nitriles is 2. The molecule has 0 saturated carbocycles. The van der Waals surface area contributed by atoms with Gasteiger partial charge in [-0.25, -0.2) is 4.98 Å². The minimum Gasteiger partial charge on any atom is -0.305 e. The highest BCUT2D eigenvalue weighted by atomic mass is 32.1. The van der Waals surface area contributed by atoms with E-state index in [4.69, 9.17) is 10.5 Å². The first-order valence-electron chi connectivity index (χ1n) is 7.00. The maximum atomic E-state index is 12.5. The van der Waals surface area contributed by atoms with Crippen molar-refractivity contribution in [2.45, 2.75) is 13.5 Å². The van der Waals surface area contributed by atoms with E-state index in [1.54, 1.807) is 18.6 Å². The van der Waals surface area contributed by atoms with Gasteiger partial charge in [-0.3, -0.25) is 9.36 Å². The van der Waals surface area contributed by atoms with Gasteiger partial charge in [-0.1, -0.05) is 0 Å². The molecule has 8 heteroatoms. The lowest BCUT2D eigenvalue weighted by Gasteiger charge is -1.93. The Kier molecular flexibility index (Phi) is 4.43. The lowest BCUT2D eigenvalue weighted by Crippen LogP contribution is -2.31. The molecule has 0 fully saturated rings. The van der Waals surface area contributed by atoms with E-state index in [1.807, 2.05) is 41.3 Å². The Morgan fingerprint density at radius 3 is 2.83 bits per heavy atom. The molecular weight excluding hydrogens is 342 g/mol. The number of hydrogen-bond donors (Lipinski definition) is 0. The van der Waals surface area contributed by atoms with E-state index >= 15 is 0 Å². The molecule has 3 aromatic rings. The molecule has 0 spiro atoms. The van der Waals surface area contributed by atoms with E-state index < -0.39 is 0 Å². The molecule has 0 atom stereocenters. The molecule has 118 valence electrons. The zero-order valence-electron chi connectivity index (χ0n) is 12.6. The molecule has 6 nitrogen and oxygen atoms in total. The third-order valence-electron chi connectivity index (χ3n) is 3.34. The molecular formula is C16H11N5OS2. The summed E-state index contributed by atoms with van der Waals surface area (Å²) in [6.45, 7) is 2.23. The van der Waals surface area contributed by atoms with Gasteiger partial charge in [-0.15, -0.1) is 22.7 Å². The average molecular weight is 353 g/mol. The molecule has 0 N–H and O–H groups in total. The minimum atomic E-state index is -0.182. The number of imidazole rings is 1. The minimum absolute atomic E-state index is 0.0381. The number of aromatic nitrogens is 3. The number of thiazole rings is 1. The highest BCUT2D eigenvalue weighted by Gasteiger charge is 2.08. The fourth-order valence-corrected chi connectivity index (χ4v) is 4.21. The van der Waals surface area contributed by atoms with Crippen LogP contribution in [0.5, 0.6) is 0 Å². The summed E-state index contributed by atoms with van der Waals surface area (Å²) < 4.78 is 4.26. The van der Waals surface area contributed by atoms with Gasteiger partial charge in [0, 0.05) is 29.2 Å². The monoisotopic (exact) mass is 353 g/mol. The fraction of sp³-hybridized carbons (Fsp3) is 0.125. The second-order valence-electron chi connectivity index (χ2n) is 4.74. The average Bonchev–Trinajstić information content (AvgIpc) is 3.31. The molecule has 0 aliphatic heterocycles. The SMILES string of the molecule is CCn1c(=C(C#N)C#N)s/c(=C\c2cc(-n3ccnc3)cs2)c1=O. The fourth-order valence-electron chi connectivity index (χ4n) is 2.21. The van der Waals surface area contributed by atoms with Crippen molar-refractivity contribution in [1.82, 2.24) is 14.1 Å². The van der Waals surface area contributed by atoms with E-state index in [9.17, 15) is 4.79 Å². The van der Waals surface area contributed by atoms with Crippen molar-refractivity contribution in [3.8, 4) is 17.8 Å². The second-order valence-corrected chi connectivity index (χ2v) is 6.71. The summed E-state index contributed by atoms with van der Waals surface area (Å²) in [4.78, 5) is 17.4. The van der Waals surface area contributed by atoms with Gasteiger partial charge in [-0.05, 0) is 19.1 Å². The summed E-state index contributed by atoms with van der Waals surface area (Å²) in [5, 5.41) is 20.1. The Labute approximate surface area is 145 Å². The van der Waals surface area contributed by atoms with Gasteiger partial charge in [0.25, 0.3) is 5.56 Å². The van der Waals surface area contributed by atoms with Crippen LogP contribution in [0.2, 0.25) is 0 Å². The number of nitrogens with zero attached hydrogens (tertiary/aromatic N) is 5. The molecule has 24 heavy (non-hydrogen) atoms. The molecule has 0 unspecified atom stereocenters. The first-order valence-corrected chi connectivity index (χ1v) is 8.70. The van der Waals surface area contributed by atoms with Gasteiger partial charge in [0.1, 0.15) is 16.8 Å². The zero-order chi connectivity index (χ0) is 17.1. The molecule has 3 heterocycles. The second kappa shape index (κ2) is 6.67. The molecule has 3 rings (SSSR count). The highest BCUT2D eigenvalue weighted by Crippen LogP contribution is 2.18. The first-order chi connectivity index (χ1) is 11.7. The van der Waals surface area contributed by atoms with Crippen LogP contribution in [0.15, 0.2) is 35.0 Å². The van der Waals surface area contributed by atoms with Gasteiger partial charge in [0.15, 0.2) is 5.57 Å². The van der Waals surface area contributed by atoms with Crippen molar-refractivity contribution in [3.63, 3.8) is 0 Å². The molecule has 0 bridgehead atoms. The van der Waals surface area contributed by atoms with Crippen molar-refractivity contribution < 1.29 is 0 Å². The highest BCUT2D eigenvalue weighted by molar-refractivity contribution is 7.11. The van der Waals surface area contributed by atoms with Crippen LogP contribution in [0.1, 0.15) is 11.8 Å². The third kappa shape index (κ3) is 2.81. The quantitative estimate of drug-likeness (QED) is 0.708. The van der Waals surface area contributed by atoms with E-state index in [1.165, 1.54) is 27.2 Å². The lowest BCUT2D eigenvalue weighted by molar-refractivity contribution is 0.722. The van der Waals surface area contributed by atoms with Crippen LogP contribution < -0.4 is 14.8 Å². The summed E-state index contributed by atoms with van der Waals surface area (Å²) in [5.74, 6) is 0. The van der Waals surface area contributed by atoms with Crippen molar-refractivity contribution >= 4 is 34.3 Å². The number of thiophene rings is 1. The smallest absolute Gasteiger partial charge is 0.269 e. The molecule has 0 saturated heterocycles. The van der Waals surface area contributed by atoms with Crippen molar-refractivity contribution in [3.05, 3.63) is 54.6 Å². The molecule has 0 aromatic carbocycles. The maximum Gasteiger partial charge on any atom is 0.269 e. The first kappa shape index (κ1) is 15.9. The molecule has 0 radical (unpaired) electrons. The predicted molar refractivity (Wildman–Crippen MR) is 93.1 cm³/mol. The Balaban J connectivity index is 2.17. The van der Waals surface area contributed by atoms with E-state index in [0.29, 0.717) is 15.7 Å². The van der Waals surface area contributed by atoms with Gasteiger partial charge in [0.2, 0.25) is 0 Å². The van der Waals surface area contributed by atoms with Crippen molar-refractivity contribution in [1.29, 1.82) is 10.5 Å². The summed E-state index contributed by atoms with van der Waals surface area (Å²) in [5.41, 5.74) is 0.750. The van der Waals surface area contributed by atoms with Gasteiger partial charge in [0.05, 0.1) is 16.5 Å². The van der Waals surface area contributed by atoms with Crippen molar-refractivity contribution in [2.24, 2.45) is 0 Å². The van der Waals surface area contributed by atoms with Crippen LogP contribution in [0.4, 0.5) is 0 Å². The van der Waals surface area contributed by atoms with E-state index in [-0.39, 0.29) is 11.1 Å². The Hall–Kier alpha value is -2.94. The summed E-state index contributed by atoms with van der Waals surface area (Å²) >= 11 is 2.68. The van der Waals surface area contributed by atoms with E-state index in [0.717, 1.165) is 10.6 Å². The van der Waals surface area contributed by atoms with Crippen LogP contribution in [-0.2, 0) is 6.54 Å². The number of hydrogen-bond acceptors (Lipinski definition) is 6. The maximum absolute atomic E-state index is 12.5. The van der Waals surface area contributed by atoms with Crippen LogP contribution in [0.3, 0.4) is 0 Å². The van der Waals surface area contributed by atoms with Crippen LogP contribution in [-0.4, -0.2) is 14.1 Å². The van der Waals surface area contributed by atoms with Gasteiger partial charge >= 0.3 is 0 Å². The Morgan fingerprint density at radius 2 is 2.21 bits per heavy atom. The van der Waals surface area contributed by atoms with Crippen LogP contribution >= 0.6 is 22.7 Å². The zero-order valence-corrected chi connectivity index (χ0v) is 14.3. The van der Waals surface area contributed by atoms with Crippen LogP contribution in [0.25, 0.3) is 17.3 Å². The van der Waals surface area contributed by atoms with E-state index in [2.05, 4.69) is 4.98 Å². The predicted octanol–water partition coefficient (Wildman–Crippen LogP) is 1.20. The summed E-state index contributed by atoms with van der Waals surface area (Å²) in [6.07, 6.45) is 7.05.